The zero-order valence-electron chi connectivity index (χ0n) is 18.9. The van der Waals surface area contributed by atoms with E-state index in [1.807, 2.05) is 42.5 Å². The van der Waals surface area contributed by atoms with Gasteiger partial charge in [-0.2, -0.15) is 0 Å². The van der Waals surface area contributed by atoms with Gasteiger partial charge in [-0.05, 0) is 48.0 Å². The van der Waals surface area contributed by atoms with E-state index in [2.05, 4.69) is 48.3 Å². The molecule has 3 aromatic carbocycles. The van der Waals surface area contributed by atoms with E-state index in [-0.39, 0.29) is 18.6 Å². The third kappa shape index (κ3) is 4.24. The van der Waals surface area contributed by atoms with E-state index in [1.165, 1.54) is 0 Å². The summed E-state index contributed by atoms with van der Waals surface area (Å²) in [6.45, 7) is 1.65. The maximum atomic E-state index is 10.1. The van der Waals surface area contributed by atoms with Gasteiger partial charge in [-0.25, -0.2) is 0 Å². The molecular weight excluding hydrogens is 402 g/mol. The van der Waals surface area contributed by atoms with Crippen molar-refractivity contribution in [3.05, 3.63) is 95.6 Å². The highest BCUT2D eigenvalue weighted by atomic mass is 16.5. The Hall–Kier alpha value is -2.86. The lowest BCUT2D eigenvalue weighted by molar-refractivity contribution is -0.0661. The Kier molecular flexibility index (Phi) is 6.80. The third-order valence-electron chi connectivity index (χ3n) is 6.30. The minimum absolute atomic E-state index is 0.0413. The molecule has 32 heavy (non-hydrogen) atoms. The Morgan fingerprint density at radius 2 is 1.28 bits per heavy atom. The maximum absolute atomic E-state index is 10.1. The van der Waals surface area contributed by atoms with E-state index in [1.54, 1.807) is 14.2 Å². The smallest absolute Gasteiger partial charge is 0.144 e. The second-order valence-electron chi connectivity index (χ2n) is 8.32. The molecule has 0 amide bonds. The van der Waals surface area contributed by atoms with Crippen molar-refractivity contribution in [1.29, 1.82) is 0 Å². The van der Waals surface area contributed by atoms with Crippen LogP contribution in [0.15, 0.2) is 78.9 Å². The lowest BCUT2D eigenvalue weighted by Crippen LogP contribution is -2.40. The molecule has 1 fully saturated rings. The number of aliphatic hydroxyl groups excluding tert-OH is 1. The van der Waals surface area contributed by atoms with Crippen molar-refractivity contribution in [1.82, 2.24) is 4.90 Å². The summed E-state index contributed by atoms with van der Waals surface area (Å²) in [7, 11) is 5.40. The van der Waals surface area contributed by atoms with Gasteiger partial charge in [-0.15, -0.1) is 0 Å². The molecule has 2 atom stereocenters. The number of methoxy groups -OCH3 is 2. The summed E-state index contributed by atoms with van der Waals surface area (Å²) < 4.78 is 17.9. The Morgan fingerprint density at radius 1 is 0.781 bits per heavy atom. The average Bonchev–Trinajstić information content (AvgIpc) is 3.22. The van der Waals surface area contributed by atoms with Crippen molar-refractivity contribution < 1.29 is 19.3 Å². The molecule has 3 aromatic rings. The van der Waals surface area contributed by atoms with Crippen LogP contribution in [0.25, 0.3) is 0 Å². The molecule has 2 unspecified atom stereocenters. The first kappa shape index (κ1) is 22.3. The van der Waals surface area contributed by atoms with Crippen molar-refractivity contribution in [2.24, 2.45) is 5.92 Å². The van der Waals surface area contributed by atoms with Crippen LogP contribution in [0.4, 0.5) is 0 Å². The van der Waals surface area contributed by atoms with Crippen LogP contribution < -0.4 is 9.47 Å². The summed E-state index contributed by atoms with van der Waals surface area (Å²) in [5.74, 6) is 1.62. The lowest BCUT2D eigenvalue weighted by Gasteiger charge is -2.39. The first-order chi connectivity index (χ1) is 15.6. The minimum atomic E-state index is -0.858. The molecule has 0 aliphatic carbocycles. The van der Waals surface area contributed by atoms with E-state index in [4.69, 9.17) is 14.2 Å². The first-order valence-corrected chi connectivity index (χ1v) is 10.9. The molecule has 1 N–H and O–H groups in total. The monoisotopic (exact) mass is 433 g/mol. The Morgan fingerprint density at radius 3 is 1.75 bits per heavy atom. The predicted molar refractivity (Wildman–Crippen MR) is 125 cm³/mol. The van der Waals surface area contributed by atoms with Crippen molar-refractivity contribution in [2.45, 2.75) is 11.7 Å². The van der Waals surface area contributed by atoms with Crippen molar-refractivity contribution in [3.8, 4) is 11.5 Å². The molecule has 0 spiro atoms. The van der Waals surface area contributed by atoms with Crippen LogP contribution in [0.5, 0.6) is 11.5 Å². The van der Waals surface area contributed by atoms with Crippen LogP contribution in [0, 0.1) is 5.92 Å². The van der Waals surface area contributed by atoms with Gasteiger partial charge in [-0.1, -0.05) is 54.6 Å². The molecule has 4 rings (SSSR count). The number of nitrogens with zero attached hydrogens (tertiary/aromatic N) is 1. The molecule has 1 aliphatic heterocycles. The van der Waals surface area contributed by atoms with Gasteiger partial charge in [0, 0.05) is 25.6 Å². The molecule has 0 bridgehead atoms. The van der Waals surface area contributed by atoms with Crippen LogP contribution >= 0.6 is 0 Å². The van der Waals surface area contributed by atoms with Gasteiger partial charge in [0.1, 0.15) is 17.1 Å². The van der Waals surface area contributed by atoms with Crippen LogP contribution in [0.2, 0.25) is 0 Å². The second kappa shape index (κ2) is 9.74. The number of hydrogen-bond acceptors (Lipinski definition) is 5. The molecule has 0 saturated carbocycles. The fraction of sp³-hybridized carbons (Fsp3) is 0.333. The Labute approximate surface area is 190 Å². The Balaban J connectivity index is 1.92. The number of hydrogen-bond donors (Lipinski definition) is 1. The van der Waals surface area contributed by atoms with E-state index >= 15 is 0 Å². The van der Waals surface area contributed by atoms with E-state index in [0.717, 1.165) is 41.3 Å². The largest absolute Gasteiger partial charge is 0.497 e. The molecule has 1 aliphatic rings. The number of likely N-dealkylation sites (tertiary alicyclic amines) is 1. The molecule has 0 aromatic heterocycles. The zero-order valence-corrected chi connectivity index (χ0v) is 18.9. The summed E-state index contributed by atoms with van der Waals surface area (Å²) in [6.07, 6.45) is -0.130. The number of rotatable bonds is 8. The van der Waals surface area contributed by atoms with Crippen LogP contribution in [-0.2, 0) is 10.3 Å². The average molecular weight is 434 g/mol. The number of ether oxygens (including phenoxy) is 3. The van der Waals surface area contributed by atoms with Gasteiger partial charge in [-0.3, -0.25) is 0 Å². The van der Waals surface area contributed by atoms with Gasteiger partial charge in [0.05, 0.1) is 20.3 Å². The minimum Gasteiger partial charge on any atom is -0.497 e. The van der Waals surface area contributed by atoms with Crippen LogP contribution in [0.1, 0.15) is 16.7 Å². The molecule has 1 saturated heterocycles. The lowest BCUT2D eigenvalue weighted by atomic mass is 9.79. The van der Waals surface area contributed by atoms with Gasteiger partial charge in [0.2, 0.25) is 0 Å². The van der Waals surface area contributed by atoms with E-state index in [0.29, 0.717) is 0 Å². The number of likely N-dealkylation sites (N-methyl/N-ethyl adjacent to an activating group) is 1. The summed E-state index contributed by atoms with van der Waals surface area (Å²) >= 11 is 0. The second-order valence-corrected chi connectivity index (χ2v) is 8.32. The van der Waals surface area contributed by atoms with Crippen LogP contribution in [-0.4, -0.2) is 57.1 Å². The van der Waals surface area contributed by atoms with Crippen molar-refractivity contribution >= 4 is 0 Å². The highest BCUT2D eigenvalue weighted by molar-refractivity contribution is 5.49. The number of aliphatic hydroxyl groups is 1. The van der Waals surface area contributed by atoms with Crippen molar-refractivity contribution in [3.63, 3.8) is 0 Å². The van der Waals surface area contributed by atoms with Crippen molar-refractivity contribution in [2.75, 3.05) is 41.0 Å². The van der Waals surface area contributed by atoms with E-state index in [9.17, 15) is 5.11 Å². The summed E-state index contributed by atoms with van der Waals surface area (Å²) in [6, 6.07) is 26.4. The zero-order chi connectivity index (χ0) is 22.6. The Bertz CT molecular complexity index is 941. The fourth-order valence-corrected chi connectivity index (χ4v) is 4.61. The number of benzene rings is 3. The molecule has 0 radical (unpaired) electrons. The normalized spacial score (nSPS) is 19.1. The standard InChI is InChI=1S/C27H31NO4/c1-28-17-20(19-29)26(18-28)32-27(21-7-5-4-6-8-21,22-9-13-24(30-2)14-10-22)23-11-15-25(31-3)16-12-23/h4-16,20,26,29H,17-19H2,1-3H3. The SMILES string of the molecule is COc1ccc(C(OC2CN(C)CC2CO)(c2ccccc2)c2ccc(OC)cc2)cc1. The molecule has 168 valence electrons. The summed E-state index contributed by atoms with van der Waals surface area (Å²) in [5.41, 5.74) is 2.17. The van der Waals surface area contributed by atoms with Gasteiger partial charge in [0.15, 0.2) is 0 Å². The maximum Gasteiger partial charge on any atom is 0.144 e. The van der Waals surface area contributed by atoms with Gasteiger partial charge in [0.25, 0.3) is 0 Å². The topological polar surface area (TPSA) is 51.2 Å². The first-order valence-electron chi connectivity index (χ1n) is 10.9. The highest BCUT2D eigenvalue weighted by Crippen LogP contribution is 2.44. The predicted octanol–water partition coefficient (Wildman–Crippen LogP) is 3.93. The van der Waals surface area contributed by atoms with Gasteiger partial charge >= 0.3 is 0 Å². The highest BCUT2D eigenvalue weighted by Gasteiger charge is 2.43. The quantitative estimate of drug-likeness (QED) is 0.546. The molecule has 5 nitrogen and oxygen atoms in total. The summed E-state index contributed by atoms with van der Waals surface area (Å²) in [4.78, 5) is 2.21. The molecular formula is C27H31NO4. The van der Waals surface area contributed by atoms with E-state index < -0.39 is 5.60 Å². The fourth-order valence-electron chi connectivity index (χ4n) is 4.61. The van der Waals surface area contributed by atoms with Gasteiger partial charge < -0.3 is 24.2 Å². The third-order valence-corrected chi connectivity index (χ3v) is 6.30. The molecule has 1 heterocycles. The molecule has 5 heteroatoms. The van der Waals surface area contributed by atoms with Crippen LogP contribution in [0.3, 0.4) is 0 Å². The summed E-state index contributed by atoms with van der Waals surface area (Å²) in [5, 5.41) is 10.1.